The zero-order valence-corrected chi connectivity index (χ0v) is 10.9. The number of amides is 1. The Bertz CT molecular complexity index is 448. The lowest BCUT2D eigenvalue weighted by Gasteiger charge is -2.25. The summed E-state index contributed by atoms with van der Waals surface area (Å²) >= 11 is 0. The van der Waals surface area contributed by atoms with Crippen LogP contribution in [0.1, 0.15) is 38.6 Å². The van der Waals surface area contributed by atoms with Crippen LogP contribution in [0.3, 0.4) is 0 Å². The Labute approximate surface area is 106 Å². The number of carbonyl (C=O) groups is 1. The summed E-state index contributed by atoms with van der Waals surface area (Å²) < 4.78 is 10.5. The number of anilines is 1. The standard InChI is InChI=1S/C12H19N3O3/c1-12(2,3)18-11(16)14-7-4-5-8-9(6-7)17-10(13)15-8/h7H,4-6H2,1-3H3,(H2,13,15)(H,14,16). The molecule has 1 aromatic heterocycles. The highest BCUT2D eigenvalue weighted by molar-refractivity contribution is 5.68. The summed E-state index contributed by atoms with van der Waals surface area (Å²) in [4.78, 5) is 15.7. The molecule has 3 N–H and O–H groups in total. The number of hydrogen-bond donors (Lipinski definition) is 2. The molecule has 0 saturated heterocycles. The first-order valence-electron chi connectivity index (χ1n) is 6.07. The van der Waals surface area contributed by atoms with Gasteiger partial charge in [-0.25, -0.2) is 4.79 Å². The number of carbonyl (C=O) groups excluding carboxylic acids is 1. The number of aromatic nitrogens is 1. The number of hydrogen-bond acceptors (Lipinski definition) is 5. The van der Waals surface area contributed by atoms with Gasteiger partial charge >= 0.3 is 6.09 Å². The van der Waals surface area contributed by atoms with Crippen LogP contribution in [-0.4, -0.2) is 22.7 Å². The summed E-state index contributed by atoms with van der Waals surface area (Å²) in [7, 11) is 0. The Hall–Kier alpha value is -1.72. The summed E-state index contributed by atoms with van der Waals surface area (Å²) in [5.41, 5.74) is 5.91. The molecule has 1 aliphatic carbocycles. The minimum Gasteiger partial charge on any atom is -0.444 e. The number of oxazole rings is 1. The lowest BCUT2D eigenvalue weighted by molar-refractivity contribution is 0.0499. The molecule has 1 heterocycles. The van der Waals surface area contributed by atoms with Gasteiger partial charge in [0.25, 0.3) is 6.01 Å². The fourth-order valence-corrected chi connectivity index (χ4v) is 1.99. The van der Waals surface area contributed by atoms with Crippen LogP contribution in [-0.2, 0) is 17.6 Å². The van der Waals surface area contributed by atoms with Crippen molar-refractivity contribution in [3.05, 3.63) is 11.5 Å². The second-order valence-electron chi connectivity index (χ2n) is 5.51. The summed E-state index contributed by atoms with van der Waals surface area (Å²) in [6.07, 6.45) is 1.79. The van der Waals surface area contributed by atoms with E-state index in [1.165, 1.54) is 0 Å². The largest absolute Gasteiger partial charge is 0.444 e. The first kappa shape index (κ1) is 12.7. The van der Waals surface area contributed by atoms with E-state index in [4.69, 9.17) is 14.9 Å². The smallest absolute Gasteiger partial charge is 0.407 e. The number of nitrogen functional groups attached to an aromatic ring is 1. The Morgan fingerprint density at radius 1 is 1.56 bits per heavy atom. The number of fused-ring (bicyclic) bond motifs is 1. The minimum absolute atomic E-state index is 0.0136. The van der Waals surface area contributed by atoms with E-state index >= 15 is 0 Å². The molecule has 0 aliphatic heterocycles. The Kier molecular flexibility index (Phi) is 3.19. The summed E-state index contributed by atoms with van der Waals surface area (Å²) in [6, 6.07) is 0.206. The quantitative estimate of drug-likeness (QED) is 0.794. The van der Waals surface area contributed by atoms with Crippen LogP contribution in [0, 0.1) is 0 Å². The second-order valence-corrected chi connectivity index (χ2v) is 5.51. The van der Waals surface area contributed by atoms with E-state index < -0.39 is 11.7 Å². The van der Waals surface area contributed by atoms with Crippen molar-refractivity contribution in [3.63, 3.8) is 0 Å². The number of nitrogens with two attached hydrogens (primary N) is 1. The number of ether oxygens (including phenoxy) is 1. The number of rotatable bonds is 1. The van der Waals surface area contributed by atoms with Gasteiger partial charge in [0, 0.05) is 12.5 Å². The van der Waals surface area contributed by atoms with Gasteiger partial charge in [-0.05, 0) is 33.6 Å². The molecule has 6 nitrogen and oxygen atoms in total. The van der Waals surface area contributed by atoms with Crippen LogP contribution in [0.5, 0.6) is 0 Å². The predicted octanol–water partition coefficient (Wildman–Crippen LogP) is 1.64. The van der Waals surface area contributed by atoms with Crippen LogP contribution >= 0.6 is 0 Å². The molecule has 1 aromatic rings. The average molecular weight is 253 g/mol. The van der Waals surface area contributed by atoms with Gasteiger partial charge in [0.2, 0.25) is 0 Å². The van der Waals surface area contributed by atoms with Crippen LogP contribution < -0.4 is 11.1 Å². The SMILES string of the molecule is CC(C)(C)OC(=O)NC1CCc2nc(N)oc2C1. The molecule has 2 rings (SSSR count). The second kappa shape index (κ2) is 4.51. The first-order chi connectivity index (χ1) is 8.33. The third kappa shape index (κ3) is 3.15. The van der Waals surface area contributed by atoms with Crippen molar-refractivity contribution >= 4 is 12.1 Å². The monoisotopic (exact) mass is 253 g/mol. The zero-order valence-electron chi connectivity index (χ0n) is 10.9. The summed E-state index contributed by atoms with van der Waals surface area (Å²) in [6.45, 7) is 5.51. The van der Waals surface area contributed by atoms with Crippen molar-refractivity contribution < 1.29 is 13.9 Å². The molecule has 0 bridgehead atoms. The van der Waals surface area contributed by atoms with Gasteiger partial charge in [-0.3, -0.25) is 0 Å². The number of aryl methyl sites for hydroxylation is 1. The first-order valence-corrected chi connectivity index (χ1v) is 6.07. The predicted molar refractivity (Wildman–Crippen MR) is 66.1 cm³/mol. The maximum Gasteiger partial charge on any atom is 0.407 e. The van der Waals surface area contributed by atoms with Crippen molar-refractivity contribution in [1.29, 1.82) is 0 Å². The number of nitrogens with one attached hydrogen (secondary N) is 1. The van der Waals surface area contributed by atoms with E-state index in [0.717, 1.165) is 24.3 Å². The van der Waals surface area contributed by atoms with E-state index in [1.807, 2.05) is 20.8 Å². The van der Waals surface area contributed by atoms with Gasteiger partial charge < -0.3 is 20.2 Å². The van der Waals surface area contributed by atoms with E-state index in [9.17, 15) is 4.79 Å². The fourth-order valence-electron chi connectivity index (χ4n) is 1.99. The lowest BCUT2D eigenvalue weighted by atomic mass is 9.97. The van der Waals surface area contributed by atoms with Gasteiger partial charge in [-0.1, -0.05) is 0 Å². The van der Waals surface area contributed by atoms with Crippen molar-refractivity contribution in [2.75, 3.05) is 5.73 Å². The lowest BCUT2D eigenvalue weighted by Crippen LogP contribution is -2.41. The highest BCUT2D eigenvalue weighted by Gasteiger charge is 2.26. The van der Waals surface area contributed by atoms with Gasteiger partial charge in [0.05, 0.1) is 5.69 Å². The van der Waals surface area contributed by atoms with E-state index in [2.05, 4.69) is 10.3 Å². The normalized spacial score (nSPS) is 19.2. The molecular formula is C12H19N3O3. The molecule has 6 heteroatoms. The molecule has 0 fully saturated rings. The van der Waals surface area contributed by atoms with Gasteiger partial charge in [-0.15, -0.1) is 0 Å². The molecule has 18 heavy (non-hydrogen) atoms. The highest BCUT2D eigenvalue weighted by atomic mass is 16.6. The van der Waals surface area contributed by atoms with Crippen LogP contribution in [0.25, 0.3) is 0 Å². The van der Waals surface area contributed by atoms with Crippen LogP contribution in [0.4, 0.5) is 10.8 Å². The van der Waals surface area contributed by atoms with Gasteiger partial charge in [0.15, 0.2) is 0 Å². The van der Waals surface area contributed by atoms with E-state index in [0.29, 0.717) is 6.42 Å². The van der Waals surface area contributed by atoms with Crippen molar-refractivity contribution in [1.82, 2.24) is 10.3 Å². The van der Waals surface area contributed by atoms with Gasteiger partial charge in [0.1, 0.15) is 11.4 Å². The highest BCUT2D eigenvalue weighted by Crippen LogP contribution is 2.23. The molecule has 1 unspecified atom stereocenters. The number of alkyl carbamates (subject to hydrolysis) is 1. The Morgan fingerprint density at radius 3 is 2.94 bits per heavy atom. The molecule has 1 aliphatic rings. The topological polar surface area (TPSA) is 90.4 Å². The average Bonchev–Trinajstić information content (AvgIpc) is 2.53. The van der Waals surface area contributed by atoms with Crippen LogP contribution in [0.2, 0.25) is 0 Å². The van der Waals surface area contributed by atoms with Gasteiger partial charge in [-0.2, -0.15) is 4.98 Å². The molecule has 0 aromatic carbocycles. The van der Waals surface area contributed by atoms with Crippen molar-refractivity contribution in [3.8, 4) is 0 Å². The molecule has 0 radical (unpaired) electrons. The maximum atomic E-state index is 11.6. The zero-order chi connectivity index (χ0) is 13.3. The molecule has 0 spiro atoms. The van der Waals surface area contributed by atoms with E-state index in [1.54, 1.807) is 0 Å². The Balaban J connectivity index is 1.91. The minimum atomic E-state index is -0.486. The van der Waals surface area contributed by atoms with E-state index in [-0.39, 0.29) is 12.1 Å². The molecule has 1 atom stereocenters. The third-order valence-electron chi connectivity index (χ3n) is 2.68. The Morgan fingerprint density at radius 2 is 2.28 bits per heavy atom. The molecule has 1 amide bonds. The fraction of sp³-hybridized carbons (Fsp3) is 0.667. The van der Waals surface area contributed by atoms with Crippen LogP contribution in [0.15, 0.2) is 4.42 Å². The molecule has 100 valence electrons. The summed E-state index contributed by atoms with van der Waals surface area (Å²) in [5.74, 6) is 0.764. The summed E-state index contributed by atoms with van der Waals surface area (Å²) in [5, 5.41) is 2.84. The third-order valence-corrected chi connectivity index (χ3v) is 2.68. The molecular weight excluding hydrogens is 234 g/mol. The molecule has 0 saturated carbocycles. The van der Waals surface area contributed by atoms with Crippen molar-refractivity contribution in [2.24, 2.45) is 0 Å². The number of nitrogens with zero attached hydrogens (tertiary/aromatic N) is 1. The van der Waals surface area contributed by atoms with Crippen molar-refractivity contribution in [2.45, 2.75) is 51.7 Å². The maximum absolute atomic E-state index is 11.6.